The van der Waals surface area contributed by atoms with E-state index in [1.165, 1.54) is 11.1 Å². The van der Waals surface area contributed by atoms with Gasteiger partial charge in [-0.05, 0) is 43.0 Å². The van der Waals surface area contributed by atoms with Gasteiger partial charge in [0.1, 0.15) is 5.82 Å². The summed E-state index contributed by atoms with van der Waals surface area (Å²) in [7, 11) is 1.65. The van der Waals surface area contributed by atoms with E-state index in [9.17, 15) is 4.79 Å². The van der Waals surface area contributed by atoms with E-state index in [1.807, 2.05) is 6.07 Å². The standard InChI is InChI=1S/C19H25N3O2/c1-4-15-8-5-7-14(2)18(15)22-17-10-9-16(13-21-17)19(23)20-11-6-12-24-3/h5,7-10,13H,4,6,11-12H2,1-3H3,(H,20,23)(H,21,22). The maximum absolute atomic E-state index is 12.0. The average Bonchev–Trinajstić information content (AvgIpc) is 2.61. The first kappa shape index (κ1) is 17.9. The number of rotatable bonds is 8. The van der Waals surface area contributed by atoms with Crippen molar-refractivity contribution < 1.29 is 9.53 Å². The van der Waals surface area contributed by atoms with Crippen molar-refractivity contribution in [1.82, 2.24) is 10.3 Å². The molecular formula is C19H25N3O2. The summed E-state index contributed by atoms with van der Waals surface area (Å²) < 4.78 is 4.96. The maximum Gasteiger partial charge on any atom is 0.252 e. The molecule has 0 saturated carbocycles. The Morgan fingerprint density at radius 2 is 2.08 bits per heavy atom. The van der Waals surface area contributed by atoms with Crippen LogP contribution in [0, 0.1) is 6.92 Å². The molecule has 0 aliphatic rings. The Hall–Kier alpha value is -2.40. The first-order chi connectivity index (χ1) is 11.7. The number of aromatic nitrogens is 1. The molecule has 2 N–H and O–H groups in total. The predicted molar refractivity (Wildman–Crippen MR) is 96.9 cm³/mol. The Bertz CT molecular complexity index is 669. The van der Waals surface area contributed by atoms with Crippen LogP contribution in [-0.2, 0) is 11.2 Å². The third-order valence-corrected chi connectivity index (χ3v) is 3.83. The monoisotopic (exact) mass is 327 g/mol. The molecule has 0 atom stereocenters. The Balaban J connectivity index is 2.01. The van der Waals surface area contributed by atoms with Gasteiger partial charge in [0, 0.05) is 32.1 Å². The molecule has 0 bridgehead atoms. The fourth-order valence-electron chi connectivity index (χ4n) is 2.45. The zero-order valence-electron chi connectivity index (χ0n) is 14.6. The highest BCUT2D eigenvalue weighted by Crippen LogP contribution is 2.24. The Morgan fingerprint density at radius 3 is 2.75 bits per heavy atom. The summed E-state index contributed by atoms with van der Waals surface area (Å²) in [5.41, 5.74) is 4.07. The fourth-order valence-corrected chi connectivity index (χ4v) is 2.45. The van der Waals surface area contributed by atoms with E-state index in [2.05, 4.69) is 47.7 Å². The largest absolute Gasteiger partial charge is 0.385 e. The lowest BCUT2D eigenvalue weighted by Gasteiger charge is -2.13. The molecule has 5 heteroatoms. The van der Waals surface area contributed by atoms with Crippen molar-refractivity contribution in [1.29, 1.82) is 0 Å². The van der Waals surface area contributed by atoms with Gasteiger partial charge in [-0.3, -0.25) is 4.79 Å². The minimum absolute atomic E-state index is 0.115. The van der Waals surface area contributed by atoms with Crippen molar-refractivity contribution in [2.24, 2.45) is 0 Å². The number of ether oxygens (including phenoxy) is 1. The van der Waals surface area contributed by atoms with Gasteiger partial charge >= 0.3 is 0 Å². The second kappa shape index (κ2) is 9.03. The zero-order chi connectivity index (χ0) is 17.4. The number of para-hydroxylation sites is 1. The van der Waals surface area contributed by atoms with Crippen LogP contribution in [-0.4, -0.2) is 31.2 Å². The second-order valence-corrected chi connectivity index (χ2v) is 5.62. The second-order valence-electron chi connectivity index (χ2n) is 5.62. The number of aryl methyl sites for hydroxylation is 2. The van der Waals surface area contributed by atoms with Crippen LogP contribution in [0.4, 0.5) is 11.5 Å². The average molecular weight is 327 g/mol. The SMILES string of the molecule is CCc1cccc(C)c1Nc1ccc(C(=O)NCCCOC)cn1. The fraction of sp³-hybridized carbons (Fsp3) is 0.368. The third-order valence-electron chi connectivity index (χ3n) is 3.83. The predicted octanol–water partition coefficient (Wildman–Crippen LogP) is 3.46. The molecule has 128 valence electrons. The minimum atomic E-state index is -0.115. The van der Waals surface area contributed by atoms with Gasteiger partial charge in [-0.2, -0.15) is 0 Å². The molecule has 24 heavy (non-hydrogen) atoms. The number of nitrogens with one attached hydrogen (secondary N) is 2. The van der Waals surface area contributed by atoms with Crippen LogP contribution in [0.1, 0.15) is 34.8 Å². The van der Waals surface area contributed by atoms with Gasteiger partial charge in [0.15, 0.2) is 0 Å². The molecule has 1 heterocycles. The normalized spacial score (nSPS) is 10.5. The minimum Gasteiger partial charge on any atom is -0.385 e. The Kier molecular flexibility index (Phi) is 6.75. The van der Waals surface area contributed by atoms with E-state index in [-0.39, 0.29) is 5.91 Å². The molecule has 5 nitrogen and oxygen atoms in total. The van der Waals surface area contributed by atoms with Crippen LogP contribution in [0.15, 0.2) is 36.5 Å². The number of hydrogen-bond acceptors (Lipinski definition) is 4. The van der Waals surface area contributed by atoms with Gasteiger partial charge in [-0.15, -0.1) is 0 Å². The number of carbonyl (C=O) groups excluding carboxylic acids is 1. The van der Waals surface area contributed by atoms with Gasteiger partial charge in [0.2, 0.25) is 0 Å². The molecule has 0 aliphatic carbocycles. The van der Waals surface area contributed by atoms with E-state index in [4.69, 9.17) is 4.74 Å². The summed E-state index contributed by atoms with van der Waals surface area (Å²) in [4.78, 5) is 16.4. The summed E-state index contributed by atoms with van der Waals surface area (Å²) in [5, 5.41) is 6.21. The lowest BCUT2D eigenvalue weighted by molar-refractivity contribution is 0.0948. The van der Waals surface area contributed by atoms with E-state index < -0.39 is 0 Å². The van der Waals surface area contributed by atoms with Crippen molar-refractivity contribution in [2.45, 2.75) is 26.7 Å². The smallest absolute Gasteiger partial charge is 0.252 e. The maximum atomic E-state index is 12.0. The number of amides is 1. The number of methoxy groups -OCH3 is 1. The summed E-state index contributed by atoms with van der Waals surface area (Å²) in [6.07, 6.45) is 3.34. The lowest BCUT2D eigenvalue weighted by atomic mass is 10.1. The van der Waals surface area contributed by atoms with Gasteiger partial charge in [-0.1, -0.05) is 25.1 Å². The molecule has 0 radical (unpaired) electrons. The number of carbonyl (C=O) groups is 1. The molecular weight excluding hydrogens is 302 g/mol. The van der Waals surface area contributed by atoms with Crippen LogP contribution < -0.4 is 10.6 Å². The summed E-state index contributed by atoms with van der Waals surface area (Å²) in [6, 6.07) is 9.85. The van der Waals surface area contributed by atoms with Gasteiger partial charge in [-0.25, -0.2) is 4.98 Å². The number of benzene rings is 1. The molecule has 2 aromatic rings. The molecule has 0 spiro atoms. The van der Waals surface area contributed by atoms with Gasteiger partial charge in [0.05, 0.1) is 5.56 Å². The quantitative estimate of drug-likeness (QED) is 0.729. The molecule has 0 unspecified atom stereocenters. The van der Waals surface area contributed by atoms with E-state index >= 15 is 0 Å². The van der Waals surface area contributed by atoms with Crippen LogP contribution >= 0.6 is 0 Å². The Labute approximate surface area is 143 Å². The highest BCUT2D eigenvalue weighted by Gasteiger charge is 2.08. The third kappa shape index (κ3) is 4.80. The number of anilines is 2. The van der Waals surface area contributed by atoms with Crippen molar-refractivity contribution in [2.75, 3.05) is 25.6 Å². The van der Waals surface area contributed by atoms with Crippen LogP contribution in [0.3, 0.4) is 0 Å². The molecule has 1 aromatic carbocycles. The number of pyridine rings is 1. The molecule has 1 amide bonds. The topological polar surface area (TPSA) is 63.2 Å². The summed E-state index contributed by atoms with van der Waals surface area (Å²) in [6.45, 7) is 5.43. The summed E-state index contributed by atoms with van der Waals surface area (Å²) in [5.74, 6) is 0.616. The molecule has 2 rings (SSSR count). The molecule has 0 saturated heterocycles. The first-order valence-corrected chi connectivity index (χ1v) is 8.24. The van der Waals surface area contributed by atoms with Crippen LogP contribution in [0.2, 0.25) is 0 Å². The van der Waals surface area contributed by atoms with Crippen molar-refractivity contribution in [3.63, 3.8) is 0 Å². The van der Waals surface area contributed by atoms with Crippen molar-refractivity contribution >= 4 is 17.4 Å². The van der Waals surface area contributed by atoms with E-state index in [1.54, 1.807) is 19.4 Å². The zero-order valence-corrected chi connectivity index (χ0v) is 14.6. The highest BCUT2D eigenvalue weighted by atomic mass is 16.5. The highest BCUT2D eigenvalue weighted by molar-refractivity contribution is 5.94. The van der Waals surface area contributed by atoms with Gasteiger partial charge < -0.3 is 15.4 Å². The van der Waals surface area contributed by atoms with E-state index in [0.717, 1.165) is 24.3 Å². The summed E-state index contributed by atoms with van der Waals surface area (Å²) >= 11 is 0. The van der Waals surface area contributed by atoms with Crippen molar-refractivity contribution in [3.05, 3.63) is 53.2 Å². The number of nitrogens with zero attached hydrogens (tertiary/aromatic N) is 1. The Morgan fingerprint density at radius 1 is 1.25 bits per heavy atom. The van der Waals surface area contributed by atoms with E-state index in [0.29, 0.717) is 18.7 Å². The first-order valence-electron chi connectivity index (χ1n) is 8.24. The molecule has 0 aliphatic heterocycles. The van der Waals surface area contributed by atoms with Crippen LogP contribution in [0.5, 0.6) is 0 Å². The number of hydrogen-bond donors (Lipinski definition) is 2. The van der Waals surface area contributed by atoms with Gasteiger partial charge in [0.25, 0.3) is 5.91 Å². The molecule has 1 aromatic heterocycles. The van der Waals surface area contributed by atoms with Crippen LogP contribution in [0.25, 0.3) is 0 Å². The molecule has 0 fully saturated rings. The van der Waals surface area contributed by atoms with Crippen molar-refractivity contribution in [3.8, 4) is 0 Å². The lowest BCUT2D eigenvalue weighted by Crippen LogP contribution is -2.25.